The van der Waals surface area contributed by atoms with Gasteiger partial charge in [-0.2, -0.15) is 0 Å². The van der Waals surface area contributed by atoms with Crippen LogP contribution in [0.1, 0.15) is 71.6 Å². The lowest BCUT2D eigenvalue weighted by Crippen LogP contribution is -2.62. The predicted octanol–water partition coefficient (Wildman–Crippen LogP) is 3.51. The van der Waals surface area contributed by atoms with Gasteiger partial charge in [-0.05, 0) is 49.9 Å². The third-order valence-electron chi connectivity index (χ3n) is 10.3. The van der Waals surface area contributed by atoms with Crippen LogP contribution in [0.3, 0.4) is 0 Å². The van der Waals surface area contributed by atoms with Crippen LogP contribution in [0, 0.1) is 28.6 Å². The maximum absolute atomic E-state index is 13.2. The maximum Gasteiger partial charge on any atom is 0.312 e. The zero-order valence-corrected chi connectivity index (χ0v) is 18.7. The Morgan fingerprint density at radius 1 is 1.16 bits per heavy atom. The number of carbonyl (C=O) groups excluding carboxylic acids is 3. The molecule has 6 aliphatic rings. The molecule has 0 aromatic carbocycles. The average molecular weight is 429 g/mol. The number of carbonyl (C=O) groups is 3. The molecule has 5 fully saturated rings. The standard InChI is InChI=1S/C25H32O6/c1-14-10-18-25(30-18)20(24(14)9-8-23(13-24)7-5-19(27)31-23)17(21(28)29-3)12-15-11-16(26)4-6-22(15,25)2/h12,14,17-18,20H,4-11,13H2,1-3H3. The van der Waals surface area contributed by atoms with Crippen molar-refractivity contribution in [3.63, 3.8) is 0 Å². The molecule has 2 saturated heterocycles. The summed E-state index contributed by atoms with van der Waals surface area (Å²) in [4.78, 5) is 37.5. The van der Waals surface area contributed by atoms with Gasteiger partial charge in [0.25, 0.3) is 0 Å². The van der Waals surface area contributed by atoms with Gasteiger partial charge in [-0.25, -0.2) is 0 Å². The fourth-order valence-corrected chi connectivity index (χ4v) is 8.73. The van der Waals surface area contributed by atoms with Crippen molar-refractivity contribution in [2.45, 2.75) is 88.9 Å². The van der Waals surface area contributed by atoms with E-state index in [0.29, 0.717) is 25.2 Å². The molecule has 8 atom stereocenters. The number of ether oxygens (including phenoxy) is 3. The Balaban J connectivity index is 1.51. The molecule has 6 heteroatoms. The summed E-state index contributed by atoms with van der Waals surface area (Å²) in [6.07, 6.45) is 8.80. The summed E-state index contributed by atoms with van der Waals surface area (Å²) in [5.41, 5.74) is -0.0962. The molecule has 6 nitrogen and oxygen atoms in total. The molecule has 4 aliphatic carbocycles. The molecule has 0 bridgehead atoms. The molecule has 2 heterocycles. The Bertz CT molecular complexity index is 923. The van der Waals surface area contributed by atoms with E-state index in [2.05, 4.69) is 19.9 Å². The van der Waals surface area contributed by atoms with Crippen LogP contribution in [0.25, 0.3) is 0 Å². The van der Waals surface area contributed by atoms with Crippen LogP contribution in [0.5, 0.6) is 0 Å². The zero-order chi connectivity index (χ0) is 21.8. The molecule has 0 N–H and O–H groups in total. The van der Waals surface area contributed by atoms with Gasteiger partial charge in [-0.15, -0.1) is 0 Å². The molecular formula is C25H32O6. The predicted molar refractivity (Wildman–Crippen MR) is 110 cm³/mol. The van der Waals surface area contributed by atoms with Crippen LogP contribution in [0.2, 0.25) is 0 Å². The largest absolute Gasteiger partial charge is 0.469 e. The van der Waals surface area contributed by atoms with Crippen LogP contribution in [-0.4, -0.2) is 42.1 Å². The van der Waals surface area contributed by atoms with Crippen molar-refractivity contribution in [2.24, 2.45) is 28.6 Å². The Morgan fingerprint density at radius 2 is 1.97 bits per heavy atom. The molecule has 6 rings (SSSR count). The lowest BCUT2D eigenvalue weighted by atomic mass is 9.43. The molecule has 3 spiro atoms. The summed E-state index contributed by atoms with van der Waals surface area (Å²) in [6, 6.07) is 0. The van der Waals surface area contributed by atoms with Crippen molar-refractivity contribution in [1.29, 1.82) is 0 Å². The number of Topliss-reactive ketones (excluding diaryl/α,β-unsaturated/α-hetero) is 1. The van der Waals surface area contributed by atoms with Crippen LogP contribution in [-0.2, 0) is 28.6 Å². The first-order valence-corrected chi connectivity index (χ1v) is 11.9. The molecule has 0 aromatic rings. The fourth-order valence-electron chi connectivity index (χ4n) is 8.73. The topological polar surface area (TPSA) is 82.2 Å². The monoisotopic (exact) mass is 428 g/mol. The molecule has 168 valence electrons. The first-order chi connectivity index (χ1) is 14.7. The van der Waals surface area contributed by atoms with Gasteiger partial charge in [0.15, 0.2) is 0 Å². The molecule has 31 heavy (non-hydrogen) atoms. The van der Waals surface area contributed by atoms with Gasteiger partial charge in [-0.3, -0.25) is 14.4 Å². The summed E-state index contributed by atoms with van der Waals surface area (Å²) in [5, 5.41) is 0. The van der Waals surface area contributed by atoms with Crippen molar-refractivity contribution in [3.05, 3.63) is 11.6 Å². The van der Waals surface area contributed by atoms with E-state index in [4.69, 9.17) is 14.2 Å². The summed E-state index contributed by atoms with van der Waals surface area (Å²) in [7, 11) is 1.45. The van der Waals surface area contributed by atoms with E-state index >= 15 is 0 Å². The highest BCUT2D eigenvalue weighted by molar-refractivity contribution is 5.84. The SMILES string of the molecule is COC(=O)C1C=C2CC(=O)CCC2(C)C23OC2CC(C)C2(CCC4(CCC(=O)O4)C2)C13. The van der Waals surface area contributed by atoms with Crippen molar-refractivity contribution in [3.8, 4) is 0 Å². The Labute approximate surface area is 183 Å². The lowest BCUT2D eigenvalue weighted by Gasteiger charge is -2.59. The first-order valence-electron chi connectivity index (χ1n) is 11.9. The minimum absolute atomic E-state index is 0.0122. The van der Waals surface area contributed by atoms with Crippen LogP contribution >= 0.6 is 0 Å². The second kappa shape index (κ2) is 6.00. The average Bonchev–Trinajstić information content (AvgIpc) is 3.16. The second-order valence-electron chi connectivity index (χ2n) is 11.4. The Kier molecular flexibility index (Phi) is 3.86. The highest BCUT2D eigenvalue weighted by Crippen LogP contribution is 2.77. The van der Waals surface area contributed by atoms with Gasteiger partial charge in [0.1, 0.15) is 17.0 Å². The quantitative estimate of drug-likeness (QED) is 0.361. The zero-order valence-electron chi connectivity index (χ0n) is 18.7. The van der Waals surface area contributed by atoms with E-state index in [9.17, 15) is 14.4 Å². The van der Waals surface area contributed by atoms with Gasteiger partial charge in [-0.1, -0.05) is 25.5 Å². The summed E-state index contributed by atoms with van der Waals surface area (Å²) in [6.45, 7) is 4.55. The van der Waals surface area contributed by atoms with E-state index in [0.717, 1.165) is 44.1 Å². The van der Waals surface area contributed by atoms with E-state index in [-0.39, 0.29) is 46.2 Å². The van der Waals surface area contributed by atoms with Gasteiger partial charge in [0, 0.05) is 30.6 Å². The number of rotatable bonds is 1. The minimum atomic E-state index is -0.419. The van der Waals surface area contributed by atoms with Crippen LogP contribution < -0.4 is 0 Å². The third kappa shape index (κ3) is 2.30. The number of hydrogen-bond acceptors (Lipinski definition) is 6. The number of methoxy groups -OCH3 is 1. The number of ketones is 1. The summed E-state index contributed by atoms with van der Waals surface area (Å²) >= 11 is 0. The highest BCUT2D eigenvalue weighted by atomic mass is 16.6. The van der Waals surface area contributed by atoms with E-state index < -0.39 is 11.5 Å². The van der Waals surface area contributed by atoms with Crippen molar-refractivity contribution in [1.82, 2.24) is 0 Å². The fraction of sp³-hybridized carbons (Fsp3) is 0.800. The molecular weight excluding hydrogens is 396 g/mol. The molecule has 8 unspecified atom stereocenters. The van der Waals surface area contributed by atoms with E-state index in [1.54, 1.807) is 0 Å². The third-order valence-corrected chi connectivity index (χ3v) is 10.3. The molecule has 0 amide bonds. The number of epoxide rings is 1. The summed E-state index contributed by atoms with van der Waals surface area (Å²) in [5.74, 6) is -0.141. The van der Waals surface area contributed by atoms with Crippen molar-refractivity contribution >= 4 is 17.7 Å². The van der Waals surface area contributed by atoms with E-state index in [1.807, 2.05) is 0 Å². The van der Waals surface area contributed by atoms with Gasteiger partial charge in [0.2, 0.25) is 0 Å². The Morgan fingerprint density at radius 3 is 2.68 bits per heavy atom. The van der Waals surface area contributed by atoms with Crippen LogP contribution in [0.4, 0.5) is 0 Å². The van der Waals surface area contributed by atoms with Crippen LogP contribution in [0.15, 0.2) is 11.6 Å². The lowest BCUT2D eigenvalue weighted by molar-refractivity contribution is -0.160. The first kappa shape index (κ1) is 20.0. The smallest absolute Gasteiger partial charge is 0.312 e. The maximum atomic E-state index is 13.2. The highest BCUT2D eigenvalue weighted by Gasteiger charge is 2.82. The van der Waals surface area contributed by atoms with Crippen molar-refractivity contribution in [2.75, 3.05) is 7.11 Å². The molecule has 2 aliphatic heterocycles. The number of esters is 2. The molecule has 0 aromatic heterocycles. The van der Waals surface area contributed by atoms with Gasteiger partial charge in [0.05, 0.1) is 19.1 Å². The molecule has 3 saturated carbocycles. The Hall–Kier alpha value is -1.69. The number of fused-ring (bicyclic) bond motifs is 2. The molecule has 0 radical (unpaired) electrons. The minimum Gasteiger partial charge on any atom is -0.469 e. The second-order valence-corrected chi connectivity index (χ2v) is 11.4. The summed E-state index contributed by atoms with van der Waals surface area (Å²) < 4.78 is 17.9. The van der Waals surface area contributed by atoms with Gasteiger partial charge >= 0.3 is 11.9 Å². The number of hydrogen-bond donors (Lipinski definition) is 0. The normalized spacial score (nSPS) is 52.3. The van der Waals surface area contributed by atoms with Gasteiger partial charge < -0.3 is 14.2 Å². The van der Waals surface area contributed by atoms with Crippen molar-refractivity contribution < 1.29 is 28.6 Å². The van der Waals surface area contributed by atoms with E-state index in [1.165, 1.54) is 7.11 Å².